The predicted octanol–water partition coefficient (Wildman–Crippen LogP) is 2.32. The number of carbonyl (C=O) groups is 4. The lowest BCUT2D eigenvalue weighted by atomic mass is 9.96. The van der Waals surface area contributed by atoms with E-state index in [-0.39, 0.29) is 36.6 Å². The fourth-order valence-corrected chi connectivity index (χ4v) is 3.43. The number of benzene rings is 1. The van der Waals surface area contributed by atoms with Crippen molar-refractivity contribution in [3.8, 4) is 0 Å². The summed E-state index contributed by atoms with van der Waals surface area (Å²) >= 11 is 0. The highest BCUT2D eigenvalue weighted by atomic mass is 16.2. The largest absolute Gasteiger partial charge is 0.355 e. The number of hydrogen-bond donors (Lipinski definition) is 4. The van der Waals surface area contributed by atoms with E-state index in [9.17, 15) is 19.2 Å². The molecule has 34 heavy (non-hydrogen) atoms. The molecule has 0 spiro atoms. The van der Waals surface area contributed by atoms with Gasteiger partial charge in [0.05, 0.1) is 13.0 Å². The zero-order valence-electron chi connectivity index (χ0n) is 21.3. The van der Waals surface area contributed by atoms with Crippen molar-refractivity contribution >= 4 is 23.6 Å². The molecule has 0 unspecified atom stereocenters. The quantitative estimate of drug-likeness (QED) is 0.292. The van der Waals surface area contributed by atoms with Crippen LogP contribution in [0.2, 0.25) is 0 Å². The minimum atomic E-state index is -0.798. The molecule has 4 amide bonds. The van der Waals surface area contributed by atoms with E-state index in [4.69, 9.17) is 0 Å². The summed E-state index contributed by atoms with van der Waals surface area (Å²) in [7, 11) is 0. The van der Waals surface area contributed by atoms with Crippen molar-refractivity contribution in [2.75, 3.05) is 13.1 Å². The van der Waals surface area contributed by atoms with Crippen molar-refractivity contribution < 1.29 is 19.2 Å². The van der Waals surface area contributed by atoms with Crippen LogP contribution in [0.1, 0.15) is 65.9 Å². The monoisotopic (exact) mass is 474 g/mol. The normalized spacial score (nSPS) is 13.5. The van der Waals surface area contributed by atoms with Crippen LogP contribution >= 0.6 is 0 Å². The van der Waals surface area contributed by atoms with E-state index in [1.165, 1.54) is 0 Å². The molecule has 0 heterocycles. The standard InChI is InChI=1S/C26H42N4O4/c1-6-8-14-27-23(32)17-28-25(33)21(15-18(3)4)29-26(34)24(19(5)7-2)30-22(31)16-20-12-10-9-11-13-20/h9-13,18-19,21,24H,6-8,14-17H2,1-5H3,(H,27,32)(H,28,33)(H,29,34)(H,30,31)/t19-,21-,24-/m0/s1. The van der Waals surface area contributed by atoms with Crippen LogP contribution in [0.15, 0.2) is 30.3 Å². The van der Waals surface area contributed by atoms with Gasteiger partial charge in [-0.2, -0.15) is 0 Å². The summed E-state index contributed by atoms with van der Waals surface area (Å²) in [6, 6.07) is 7.76. The van der Waals surface area contributed by atoms with Gasteiger partial charge in [-0.3, -0.25) is 19.2 Å². The van der Waals surface area contributed by atoms with E-state index in [1.54, 1.807) is 0 Å². The molecule has 1 rings (SSSR count). The Bertz CT molecular complexity index is 782. The Morgan fingerprint density at radius 3 is 2.12 bits per heavy atom. The first-order valence-corrected chi connectivity index (χ1v) is 12.4. The molecule has 3 atom stereocenters. The van der Waals surface area contributed by atoms with Crippen LogP contribution in [0.5, 0.6) is 0 Å². The molecule has 1 aromatic carbocycles. The van der Waals surface area contributed by atoms with Gasteiger partial charge >= 0.3 is 0 Å². The summed E-state index contributed by atoms with van der Waals surface area (Å²) in [5.41, 5.74) is 0.859. The van der Waals surface area contributed by atoms with E-state index in [0.717, 1.165) is 18.4 Å². The van der Waals surface area contributed by atoms with E-state index in [1.807, 2.05) is 65.0 Å². The summed E-state index contributed by atoms with van der Waals surface area (Å²) in [5, 5.41) is 11.0. The number of unbranched alkanes of at least 4 members (excludes halogenated alkanes) is 1. The minimum Gasteiger partial charge on any atom is -0.355 e. The van der Waals surface area contributed by atoms with E-state index >= 15 is 0 Å². The molecule has 0 aliphatic rings. The highest BCUT2D eigenvalue weighted by Crippen LogP contribution is 2.11. The number of nitrogens with one attached hydrogen (secondary N) is 4. The molecule has 4 N–H and O–H groups in total. The van der Waals surface area contributed by atoms with Gasteiger partial charge < -0.3 is 21.3 Å². The van der Waals surface area contributed by atoms with Gasteiger partial charge in [0.2, 0.25) is 23.6 Å². The average Bonchev–Trinajstić information content (AvgIpc) is 2.80. The van der Waals surface area contributed by atoms with Crippen LogP contribution in [0, 0.1) is 11.8 Å². The minimum absolute atomic E-state index is 0.119. The first-order valence-electron chi connectivity index (χ1n) is 12.4. The van der Waals surface area contributed by atoms with Crippen molar-refractivity contribution in [1.29, 1.82) is 0 Å². The van der Waals surface area contributed by atoms with Crippen molar-refractivity contribution in [3.63, 3.8) is 0 Å². The summed E-state index contributed by atoms with van der Waals surface area (Å²) in [6.45, 7) is 10.2. The fourth-order valence-electron chi connectivity index (χ4n) is 3.43. The van der Waals surface area contributed by atoms with Gasteiger partial charge in [-0.15, -0.1) is 0 Å². The second-order valence-corrected chi connectivity index (χ2v) is 9.21. The van der Waals surface area contributed by atoms with Crippen LogP contribution in [0.4, 0.5) is 0 Å². The molecule has 1 aromatic rings. The molecular weight excluding hydrogens is 432 g/mol. The van der Waals surface area contributed by atoms with Crippen LogP contribution in [0.25, 0.3) is 0 Å². The molecule has 8 nitrogen and oxygen atoms in total. The van der Waals surface area contributed by atoms with Crippen molar-refractivity contribution in [3.05, 3.63) is 35.9 Å². The highest BCUT2D eigenvalue weighted by molar-refractivity contribution is 5.93. The number of carbonyl (C=O) groups excluding carboxylic acids is 4. The Hall–Kier alpha value is -2.90. The molecule has 0 saturated heterocycles. The summed E-state index contributed by atoms with van der Waals surface area (Å²) in [5.74, 6) is -1.30. The second-order valence-electron chi connectivity index (χ2n) is 9.21. The van der Waals surface area contributed by atoms with Gasteiger partial charge in [0.15, 0.2) is 0 Å². The summed E-state index contributed by atoms with van der Waals surface area (Å²) < 4.78 is 0. The number of hydrogen-bond acceptors (Lipinski definition) is 4. The van der Waals surface area contributed by atoms with E-state index in [0.29, 0.717) is 19.4 Å². The first-order chi connectivity index (χ1) is 16.2. The fraction of sp³-hybridized carbons (Fsp3) is 0.615. The van der Waals surface area contributed by atoms with Gasteiger partial charge in [-0.05, 0) is 30.2 Å². The van der Waals surface area contributed by atoms with E-state index in [2.05, 4.69) is 21.3 Å². The SMILES string of the molecule is CCCCNC(=O)CNC(=O)[C@H](CC(C)C)NC(=O)[C@@H](NC(=O)Cc1ccccc1)[C@@H](C)CC. The maximum absolute atomic E-state index is 13.2. The van der Waals surface area contributed by atoms with Crippen LogP contribution in [0.3, 0.4) is 0 Å². The molecule has 0 fully saturated rings. The smallest absolute Gasteiger partial charge is 0.243 e. The number of amides is 4. The van der Waals surface area contributed by atoms with Gasteiger partial charge in [0.1, 0.15) is 12.1 Å². The first kappa shape index (κ1) is 29.1. The van der Waals surface area contributed by atoms with Gasteiger partial charge in [-0.1, -0.05) is 77.8 Å². The lowest BCUT2D eigenvalue weighted by Crippen LogP contribution is -2.56. The molecule has 0 radical (unpaired) electrons. The Morgan fingerprint density at radius 1 is 0.853 bits per heavy atom. The zero-order valence-corrected chi connectivity index (χ0v) is 21.3. The van der Waals surface area contributed by atoms with Gasteiger partial charge in [-0.25, -0.2) is 0 Å². The van der Waals surface area contributed by atoms with Crippen LogP contribution < -0.4 is 21.3 Å². The molecule has 0 saturated carbocycles. The van der Waals surface area contributed by atoms with E-state index < -0.39 is 23.9 Å². The Kier molecular flexibility index (Phi) is 13.6. The third-order valence-electron chi connectivity index (χ3n) is 5.64. The predicted molar refractivity (Wildman–Crippen MR) is 134 cm³/mol. The van der Waals surface area contributed by atoms with Crippen molar-refractivity contribution in [1.82, 2.24) is 21.3 Å². The van der Waals surface area contributed by atoms with Crippen LogP contribution in [-0.2, 0) is 25.6 Å². The van der Waals surface area contributed by atoms with Gasteiger partial charge in [0, 0.05) is 6.54 Å². The molecule has 0 aromatic heterocycles. The van der Waals surface area contributed by atoms with Crippen LogP contribution in [-0.4, -0.2) is 48.8 Å². The third-order valence-corrected chi connectivity index (χ3v) is 5.64. The topological polar surface area (TPSA) is 116 Å². The third kappa shape index (κ3) is 11.3. The Morgan fingerprint density at radius 2 is 1.53 bits per heavy atom. The average molecular weight is 475 g/mol. The zero-order chi connectivity index (χ0) is 25.5. The molecule has 0 bridgehead atoms. The molecular formula is C26H42N4O4. The second kappa shape index (κ2) is 15.9. The Balaban J connectivity index is 2.79. The molecule has 0 aliphatic heterocycles. The molecule has 190 valence electrons. The lowest BCUT2D eigenvalue weighted by Gasteiger charge is -2.27. The maximum Gasteiger partial charge on any atom is 0.243 e. The Labute approximate surface area is 204 Å². The van der Waals surface area contributed by atoms with Crippen molar-refractivity contribution in [2.24, 2.45) is 11.8 Å². The van der Waals surface area contributed by atoms with Gasteiger partial charge in [0.25, 0.3) is 0 Å². The maximum atomic E-state index is 13.2. The van der Waals surface area contributed by atoms with Crippen molar-refractivity contribution in [2.45, 2.75) is 78.8 Å². The summed E-state index contributed by atoms with van der Waals surface area (Å²) in [6.07, 6.45) is 3.11. The summed E-state index contributed by atoms with van der Waals surface area (Å²) in [4.78, 5) is 50.5. The number of rotatable bonds is 15. The lowest BCUT2D eigenvalue weighted by molar-refractivity contribution is -0.133. The highest BCUT2D eigenvalue weighted by Gasteiger charge is 2.30. The molecule has 8 heteroatoms. The molecule has 0 aliphatic carbocycles.